The van der Waals surface area contributed by atoms with Crippen molar-refractivity contribution < 1.29 is 4.74 Å². The largest absolute Gasteiger partial charge is 0.496 e. The second kappa shape index (κ2) is 5.07. The van der Waals surface area contributed by atoms with E-state index >= 15 is 0 Å². The van der Waals surface area contributed by atoms with Crippen molar-refractivity contribution in [2.45, 2.75) is 32.4 Å². The van der Waals surface area contributed by atoms with Gasteiger partial charge in [-0.1, -0.05) is 11.6 Å². The van der Waals surface area contributed by atoms with Crippen LogP contribution in [-0.4, -0.2) is 13.2 Å². The molecule has 0 aliphatic heterocycles. The van der Waals surface area contributed by atoms with E-state index < -0.39 is 0 Å². The van der Waals surface area contributed by atoms with Gasteiger partial charge in [-0.2, -0.15) is 0 Å². The molecule has 1 atom stereocenters. The minimum absolute atomic E-state index is 0.587. The highest BCUT2D eigenvalue weighted by Crippen LogP contribution is 2.32. The van der Waals surface area contributed by atoms with E-state index in [0.717, 1.165) is 28.8 Å². The van der Waals surface area contributed by atoms with Gasteiger partial charge in [0.15, 0.2) is 0 Å². The van der Waals surface area contributed by atoms with E-state index in [1.807, 2.05) is 18.2 Å². The summed E-state index contributed by atoms with van der Waals surface area (Å²) in [6.45, 7) is 3.07. The lowest BCUT2D eigenvalue weighted by molar-refractivity contribution is 0.404. The summed E-state index contributed by atoms with van der Waals surface area (Å²) in [5.74, 6) is 1.77. The van der Waals surface area contributed by atoms with Crippen molar-refractivity contribution in [3.63, 3.8) is 0 Å². The zero-order valence-corrected chi connectivity index (χ0v) is 10.6. The number of hydrogen-bond donors (Lipinski definition) is 1. The van der Waals surface area contributed by atoms with Gasteiger partial charge < -0.3 is 10.1 Å². The van der Waals surface area contributed by atoms with E-state index in [0.29, 0.717) is 6.04 Å². The fraction of sp³-hybridized carbons (Fsp3) is 0.538. The number of benzene rings is 1. The quantitative estimate of drug-likeness (QED) is 0.852. The Kier molecular flexibility index (Phi) is 3.72. The maximum absolute atomic E-state index is 5.98. The van der Waals surface area contributed by atoms with Crippen molar-refractivity contribution in [3.8, 4) is 5.75 Å². The third kappa shape index (κ3) is 2.89. The maximum atomic E-state index is 5.98. The molecule has 1 saturated carbocycles. The maximum Gasteiger partial charge on any atom is 0.123 e. The summed E-state index contributed by atoms with van der Waals surface area (Å²) in [7, 11) is 1.69. The molecule has 2 rings (SSSR count). The van der Waals surface area contributed by atoms with Gasteiger partial charge >= 0.3 is 0 Å². The molecule has 16 heavy (non-hydrogen) atoms. The Morgan fingerprint density at radius 1 is 1.50 bits per heavy atom. The number of methoxy groups -OCH3 is 1. The Morgan fingerprint density at radius 2 is 2.25 bits per heavy atom. The number of hydrogen-bond acceptors (Lipinski definition) is 2. The van der Waals surface area contributed by atoms with Gasteiger partial charge in [0.05, 0.1) is 7.11 Å². The average molecular weight is 240 g/mol. The molecule has 0 aromatic heterocycles. The van der Waals surface area contributed by atoms with Gasteiger partial charge in [-0.15, -0.1) is 0 Å². The molecule has 0 spiro atoms. The van der Waals surface area contributed by atoms with Crippen molar-refractivity contribution in [2.24, 2.45) is 5.92 Å². The van der Waals surface area contributed by atoms with E-state index in [-0.39, 0.29) is 0 Å². The van der Waals surface area contributed by atoms with Crippen LogP contribution in [0.1, 0.15) is 25.3 Å². The second-order valence-electron chi connectivity index (χ2n) is 4.46. The smallest absolute Gasteiger partial charge is 0.123 e. The summed E-state index contributed by atoms with van der Waals surface area (Å²) in [5.41, 5.74) is 1.13. The van der Waals surface area contributed by atoms with Crippen LogP contribution in [0.2, 0.25) is 5.02 Å². The Balaban J connectivity index is 1.98. The third-order valence-corrected chi connectivity index (χ3v) is 3.42. The molecule has 1 aromatic rings. The Morgan fingerprint density at radius 3 is 2.88 bits per heavy atom. The summed E-state index contributed by atoms with van der Waals surface area (Å²) in [6.07, 6.45) is 2.72. The average Bonchev–Trinajstić information content (AvgIpc) is 3.10. The van der Waals surface area contributed by atoms with Crippen LogP contribution in [-0.2, 0) is 6.54 Å². The number of ether oxygens (including phenoxy) is 1. The standard InChI is InChI=1S/C13H18ClNO/c1-9(10-3-4-10)15-8-11-7-12(14)5-6-13(11)16-2/h5-7,9-10,15H,3-4,8H2,1-2H3. The molecule has 1 aromatic carbocycles. The molecule has 0 radical (unpaired) electrons. The molecular weight excluding hydrogens is 222 g/mol. The molecule has 0 heterocycles. The summed E-state index contributed by atoms with van der Waals surface area (Å²) < 4.78 is 5.31. The predicted octanol–water partition coefficient (Wildman–Crippen LogP) is 3.24. The minimum atomic E-state index is 0.587. The Hall–Kier alpha value is -0.730. The minimum Gasteiger partial charge on any atom is -0.496 e. The summed E-state index contributed by atoms with van der Waals surface area (Å²) in [6, 6.07) is 6.33. The zero-order chi connectivity index (χ0) is 11.5. The molecule has 0 saturated heterocycles. The Bertz CT molecular complexity index is 363. The molecule has 0 amide bonds. The molecule has 3 heteroatoms. The van der Waals surface area contributed by atoms with E-state index in [9.17, 15) is 0 Å². The molecular formula is C13H18ClNO. The summed E-state index contributed by atoms with van der Waals surface area (Å²) in [4.78, 5) is 0. The molecule has 2 nitrogen and oxygen atoms in total. The van der Waals surface area contributed by atoms with E-state index in [4.69, 9.17) is 16.3 Å². The van der Waals surface area contributed by atoms with Crippen LogP contribution < -0.4 is 10.1 Å². The number of halogens is 1. The van der Waals surface area contributed by atoms with Crippen molar-refractivity contribution in [1.82, 2.24) is 5.32 Å². The highest BCUT2D eigenvalue weighted by atomic mass is 35.5. The van der Waals surface area contributed by atoms with Crippen LogP contribution in [0.5, 0.6) is 5.75 Å². The van der Waals surface area contributed by atoms with Crippen LogP contribution in [0, 0.1) is 5.92 Å². The van der Waals surface area contributed by atoms with Gasteiger partial charge in [-0.05, 0) is 43.9 Å². The molecule has 88 valence electrons. The summed E-state index contributed by atoms with van der Waals surface area (Å²) >= 11 is 5.98. The molecule has 1 aliphatic rings. The van der Waals surface area contributed by atoms with Crippen molar-refractivity contribution in [3.05, 3.63) is 28.8 Å². The van der Waals surface area contributed by atoms with Gasteiger partial charge in [0.2, 0.25) is 0 Å². The normalized spacial score (nSPS) is 17.2. The predicted molar refractivity (Wildman–Crippen MR) is 67.0 cm³/mol. The molecule has 1 aliphatic carbocycles. The highest BCUT2D eigenvalue weighted by Gasteiger charge is 2.27. The first kappa shape index (κ1) is 11.7. The molecule has 1 unspecified atom stereocenters. The van der Waals surface area contributed by atoms with Crippen LogP contribution in [0.3, 0.4) is 0 Å². The first-order chi connectivity index (χ1) is 7.70. The van der Waals surface area contributed by atoms with Crippen LogP contribution in [0.25, 0.3) is 0 Å². The highest BCUT2D eigenvalue weighted by molar-refractivity contribution is 6.30. The van der Waals surface area contributed by atoms with E-state index in [1.54, 1.807) is 7.11 Å². The molecule has 0 bridgehead atoms. The fourth-order valence-electron chi connectivity index (χ4n) is 1.92. The third-order valence-electron chi connectivity index (χ3n) is 3.19. The first-order valence-corrected chi connectivity index (χ1v) is 6.14. The lowest BCUT2D eigenvalue weighted by Crippen LogP contribution is -2.27. The monoisotopic (exact) mass is 239 g/mol. The van der Waals surface area contributed by atoms with Crippen molar-refractivity contribution in [1.29, 1.82) is 0 Å². The Labute approximate surface area is 102 Å². The van der Waals surface area contributed by atoms with E-state index in [2.05, 4.69) is 12.2 Å². The molecule has 1 N–H and O–H groups in total. The summed E-state index contributed by atoms with van der Waals surface area (Å²) in [5, 5.41) is 4.28. The van der Waals surface area contributed by atoms with E-state index in [1.165, 1.54) is 12.8 Å². The van der Waals surface area contributed by atoms with Crippen LogP contribution in [0.4, 0.5) is 0 Å². The fourth-order valence-corrected chi connectivity index (χ4v) is 2.11. The SMILES string of the molecule is COc1ccc(Cl)cc1CNC(C)C1CC1. The first-order valence-electron chi connectivity index (χ1n) is 5.76. The van der Waals surface area contributed by atoms with Gasteiger partial charge in [0, 0.05) is 23.2 Å². The second-order valence-corrected chi connectivity index (χ2v) is 4.90. The number of rotatable bonds is 5. The topological polar surface area (TPSA) is 21.3 Å². The molecule has 1 fully saturated rings. The van der Waals surface area contributed by atoms with Gasteiger partial charge in [-0.3, -0.25) is 0 Å². The van der Waals surface area contributed by atoms with Crippen LogP contribution in [0.15, 0.2) is 18.2 Å². The van der Waals surface area contributed by atoms with Crippen LogP contribution >= 0.6 is 11.6 Å². The van der Waals surface area contributed by atoms with Crippen molar-refractivity contribution >= 4 is 11.6 Å². The zero-order valence-electron chi connectivity index (χ0n) is 9.79. The van der Waals surface area contributed by atoms with Gasteiger partial charge in [-0.25, -0.2) is 0 Å². The lowest BCUT2D eigenvalue weighted by atomic mass is 10.1. The van der Waals surface area contributed by atoms with Gasteiger partial charge in [0.25, 0.3) is 0 Å². The number of nitrogens with one attached hydrogen (secondary N) is 1. The van der Waals surface area contributed by atoms with Gasteiger partial charge in [0.1, 0.15) is 5.75 Å². The van der Waals surface area contributed by atoms with Crippen molar-refractivity contribution in [2.75, 3.05) is 7.11 Å². The lowest BCUT2D eigenvalue weighted by Gasteiger charge is -2.14.